The van der Waals surface area contributed by atoms with Gasteiger partial charge in [0.15, 0.2) is 0 Å². The Morgan fingerprint density at radius 2 is 2.07 bits per heavy atom. The fourth-order valence-electron chi connectivity index (χ4n) is 3.31. The first-order chi connectivity index (χ1) is 13.9. The number of thiophene rings is 1. The average Bonchev–Trinajstić information content (AvgIpc) is 3.31. The molecule has 148 valence electrons. The predicted octanol–water partition coefficient (Wildman–Crippen LogP) is 5.15. The van der Waals surface area contributed by atoms with E-state index in [1.807, 2.05) is 32.3 Å². The van der Waals surface area contributed by atoms with Crippen molar-refractivity contribution >= 4 is 39.7 Å². The minimum Gasteiger partial charge on any atom is -0.348 e. The largest absolute Gasteiger partial charge is 0.348 e. The summed E-state index contributed by atoms with van der Waals surface area (Å²) in [6.07, 6.45) is 2.89. The molecular weight excluding hydrogens is 404 g/mol. The van der Waals surface area contributed by atoms with Gasteiger partial charge in [0.2, 0.25) is 0 Å². The molecule has 7 heteroatoms. The molecule has 4 rings (SSSR count). The molecule has 0 aliphatic rings. The Morgan fingerprint density at radius 1 is 1.24 bits per heavy atom. The van der Waals surface area contributed by atoms with Crippen LogP contribution in [0.15, 0.2) is 42.6 Å². The van der Waals surface area contributed by atoms with Gasteiger partial charge in [0, 0.05) is 40.6 Å². The maximum atomic E-state index is 13.1. The Morgan fingerprint density at radius 3 is 2.76 bits per heavy atom. The molecule has 3 heterocycles. The zero-order chi connectivity index (χ0) is 20.5. The molecular formula is C22H21ClN4OS. The highest BCUT2D eigenvalue weighted by molar-refractivity contribution is 7.15. The van der Waals surface area contributed by atoms with Crippen LogP contribution in [0.5, 0.6) is 0 Å². The molecule has 4 aromatic rings. The van der Waals surface area contributed by atoms with Gasteiger partial charge >= 0.3 is 0 Å². The van der Waals surface area contributed by atoms with E-state index < -0.39 is 0 Å². The van der Waals surface area contributed by atoms with Gasteiger partial charge < -0.3 is 5.32 Å². The van der Waals surface area contributed by atoms with Crippen LogP contribution in [0.4, 0.5) is 0 Å². The summed E-state index contributed by atoms with van der Waals surface area (Å²) < 4.78 is 1.75. The Hall–Kier alpha value is -2.70. The second kappa shape index (κ2) is 7.97. The number of nitrogens with zero attached hydrogens (tertiary/aromatic N) is 3. The van der Waals surface area contributed by atoms with Gasteiger partial charge in [-0.05, 0) is 49.7 Å². The van der Waals surface area contributed by atoms with Gasteiger partial charge in [-0.15, -0.1) is 11.3 Å². The van der Waals surface area contributed by atoms with Crippen LogP contribution < -0.4 is 5.32 Å². The van der Waals surface area contributed by atoms with E-state index in [0.29, 0.717) is 17.1 Å². The molecule has 1 N–H and O–H groups in total. The minimum absolute atomic E-state index is 0.156. The number of aryl methyl sites for hydroxylation is 3. The Kier molecular flexibility index (Phi) is 5.39. The molecule has 0 aliphatic heterocycles. The van der Waals surface area contributed by atoms with Crippen LogP contribution >= 0.6 is 22.9 Å². The monoisotopic (exact) mass is 424 g/mol. The summed E-state index contributed by atoms with van der Waals surface area (Å²) in [5, 5.41) is 8.66. The van der Waals surface area contributed by atoms with E-state index in [2.05, 4.69) is 29.5 Å². The van der Waals surface area contributed by atoms with Gasteiger partial charge in [0.1, 0.15) is 0 Å². The van der Waals surface area contributed by atoms with E-state index in [9.17, 15) is 4.79 Å². The van der Waals surface area contributed by atoms with Crippen LogP contribution in [0.2, 0.25) is 5.02 Å². The van der Waals surface area contributed by atoms with E-state index >= 15 is 0 Å². The molecule has 0 saturated heterocycles. The number of benzene rings is 1. The van der Waals surface area contributed by atoms with E-state index in [1.54, 1.807) is 28.2 Å². The van der Waals surface area contributed by atoms with Crippen molar-refractivity contribution < 1.29 is 4.79 Å². The minimum atomic E-state index is -0.156. The lowest BCUT2D eigenvalue weighted by atomic mass is 10.1. The number of fused-ring (bicyclic) bond motifs is 1. The second-order valence-electron chi connectivity index (χ2n) is 6.93. The van der Waals surface area contributed by atoms with Crippen molar-refractivity contribution in [1.82, 2.24) is 20.1 Å². The van der Waals surface area contributed by atoms with E-state index in [0.717, 1.165) is 39.2 Å². The van der Waals surface area contributed by atoms with E-state index in [1.165, 1.54) is 4.88 Å². The van der Waals surface area contributed by atoms with Crippen LogP contribution in [-0.4, -0.2) is 20.7 Å². The highest BCUT2D eigenvalue weighted by atomic mass is 35.5. The number of carbonyl (C=O) groups excluding carboxylic acids is 1. The highest BCUT2D eigenvalue weighted by Crippen LogP contribution is 2.31. The number of amides is 1. The molecule has 0 spiro atoms. The van der Waals surface area contributed by atoms with Gasteiger partial charge in [-0.25, -0.2) is 4.98 Å². The fraction of sp³-hybridized carbons (Fsp3) is 0.227. The first kappa shape index (κ1) is 19.6. The lowest BCUT2D eigenvalue weighted by molar-refractivity contribution is 0.0952. The number of carbonyl (C=O) groups is 1. The highest BCUT2D eigenvalue weighted by Gasteiger charge is 2.16. The Balaban J connectivity index is 1.73. The smallest absolute Gasteiger partial charge is 0.252 e. The molecule has 5 nitrogen and oxygen atoms in total. The molecule has 0 radical (unpaired) electrons. The average molecular weight is 425 g/mol. The van der Waals surface area contributed by atoms with Crippen LogP contribution in [0.3, 0.4) is 0 Å². The summed E-state index contributed by atoms with van der Waals surface area (Å²) in [6, 6.07) is 11.5. The third kappa shape index (κ3) is 4.04. The SMILES string of the molecule is CCc1ccc(-c2cc(C(=O)NCc3cn(C)nc3C)c3cc(Cl)ccc3n2)s1. The van der Waals surface area contributed by atoms with Gasteiger partial charge in [0.05, 0.1) is 27.3 Å². The number of pyridine rings is 1. The quantitative estimate of drug-likeness (QED) is 0.482. The number of halogens is 1. The topological polar surface area (TPSA) is 59.8 Å². The summed E-state index contributed by atoms with van der Waals surface area (Å²) in [5.41, 5.74) is 4.01. The summed E-state index contributed by atoms with van der Waals surface area (Å²) in [7, 11) is 1.87. The van der Waals surface area contributed by atoms with Crippen molar-refractivity contribution in [3.05, 3.63) is 69.3 Å². The van der Waals surface area contributed by atoms with Crippen molar-refractivity contribution in [2.45, 2.75) is 26.8 Å². The Labute approximate surface area is 178 Å². The number of aromatic nitrogens is 3. The molecule has 0 atom stereocenters. The predicted molar refractivity (Wildman–Crippen MR) is 119 cm³/mol. The van der Waals surface area contributed by atoms with Crippen molar-refractivity contribution in [3.8, 4) is 10.6 Å². The fourth-order valence-corrected chi connectivity index (χ4v) is 4.39. The summed E-state index contributed by atoms with van der Waals surface area (Å²) in [5.74, 6) is -0.156. The molecule has 3 aromatic heterocycles. The lowest BCUT2D eigenvalue weighted by Gasteiger charge is -2.10. The van der Waals surface area contributed by atoms with E-state index in [-0.39, 0.29) is 5.91 Å². The Bertz CT molecular complexity index is 1210. The maximum Gasteiger partial charge on any atom is 0.252 e. The van der Waals surface area contributed by atoms with Gasteiger partial charge in [0.25, 0.3) is 5.91 Å². The molecule has 0 fully saturated rings. The van der Waals surface area contributed by atoms with Gasteiger partial charge in [-0.3, -0.25) is 9.48 Å². The van der Waals surface area contributed by atoms with Gasteiger partial charge in [-0.2, -0.15) is 5.10 Å². The molecule has 0 bridgehead atoms. The third-order valence-electron chi connectivity index (χ3n) is 4.83. The van der Waals surface area contributed by atoms with Crippen molar-refractivity contribution in [2.24, 2.45) is 7.05 Å². The third-order valence-corrected chi connectivity index (χ3v) is 6.32. The lowest BCUT2D eigenvalue weighted by Crippen LogP contribution is -2.23. The van der Waals surface area contributed by atoms with Crippen molar-refractivity contribution in [3.63, 3.8) is 0 Å². The first-order valence-electron chi connectivity index (χ1n) is 9.41. The first-order valence-corrected chi connectivity index (χ1v) is 10.6. The van der Waals surface area contributed by atoms with E-state index in [4.69, 9.17) is 16.6 Å². The number of nitrogens with one attached hydrogen (secondary N) is 1. The molecule has 0 saturated carbocycles. The van der Waals surface area contributed by atoms with Crippen LogP contribution in [0.1, 0.15) is 33.4 Å². The van der Waals surface area contributed by atoms with Crippen LogP contribution in [-0.2, 0) is 20.0 Å². The van der Waals surface area contributed by atoms with Gasteiger partial charge in [-0.1, -0.05) is 18.5 Å². The normalized spacial score (nSPS) is 11.2. The molecule has 0 unspecified atom stereocenters. The van der Waals surface area contributed by atoms with Crippen molar-refractivity contribution in [2.75, 3.05) is 0 Å². The number of hydrogen-bond donors (Lipinski definition) is 1. The summed E-state index contributed by atoms with van der Waals surface area (Å²) in [4.78, 5) is 20.2. The number of rotatable bonds is 5. The molecule has 29 heavy (non-hydrogen) atoms. The zero-order valence-corrected chi connectivity index (χ0v) is 18.1. The standard InChI is InChI=1S/C22H21ClN4OS/c1-4-16-6-8-21(29-16)20-10-18(17-9-15(23)5-7-19(17)25-20)22(28)24-11-14-12-27(3)26-13(14)2/h5-10,12H,4,11H2,1-3H3,(H,24,28). The number of hydrogen-bond acceptors (Lipinski definition) is 4. The summed E-state index contributed by atoms with van der Waals surface area (Å²) >= 11 is 7.90. The molecule has 1 aromatic carbocycles. The van der Waals surface area contributed by atoms with Crippen molar-refractivity contribution in [1.29, 1.82) is 0 Å². The maximum absolute atomic E-state index is 13.1. The summed E-state index contributed by atoms with van der Waals surface area (Å²) in [6.45, 7) is 4.48. The molecule has 1 amide bonds. The second-order valence-corrected chi connectivity index (χ2v) is 8.54. The zero-order valence-electron chi connectivity index (χ0n) is 16.5. The molecule has 0 aliphatic carbocycles. The van der Waals surface area contributed by atoms with Crippen LogP contribution in [0.25, 0.3) is 21.5 Å². The van der Waals surface area contributed by atoms with Crippen LogP contribution in [0, 0.1) is 6.92 Å².